The molecule has 0 fully saturated rings. The van der Waals surface area contributed by atoms with Gasteiger partial charge in [0, 0.05) is 4.88 Å². The predicted molar refractivity (Wildman–Crippen MR) is 64.5 cm³/mol. The summed E-state index contributed by atoms with van der Waals surface area (Å²) in [4.78, 5) is 0.934. The zero-order valence-electron chi connectivity index (χ0n) is 8.41. The van der Waals surface area contributed by atoms with Crippen LogP contribution >= 0.6 is 22.9 Å². The van der Waals surface area contributed by atoms with Gasteiger partial charge >= 0.3 is 0 Å². The number of halogens is 2. The summed E-state index contributed by atoms with van der Waals surface area (Å²) in [6.07, 6.45) is 0.705. The highest BCUT2D eigenvalue weighted by molar-refractivity contribution is 7.10. The van der Waals surface area contributed by atoms with E-state index >= 15 is 0 Å². The Morgan fingerprint density at radius 3 is 2.69 bits per heavy atom. The Morgan fingerprint density at radius 2 is 2.06 bits per heavy atom. The minimum atomic E-state index is -0.396. The SMILES string of the molecule is OCc1cc(Cc2ccc(F)c(Cl)c2)cs1. The lowest BCUT2D eigenvalue weighted by Gasteiger charge is -2.00. The standard InChI is InChI=1S/C12H10ClFOS/c13-11-5-8(1-2-12(11)14)3-9-4-10(6-15)16-7-9/h1-2,4-5,7,15H,3,6H2. The first-order valence-corrected chi connectivity index (χ1v) is 6.06. The summed E-state index contributed by atoms with van der Waals surface area (Å²) in [5, 5.41) is 11.1. The van der Waals surface area contributed by atoms with E-state index in [0.29, 0.717) is 6.42 Å². The first-order valence-electron chi connectivity index (χ1n) is 4.80. The number of thiophene rings is 1. The van der Waals surface area contributed by atoms with Gasteiger partial charge in [-0.3, -0.25) is 0 Å². The van der Waals surface area contributed by atoms with Crippen molar-refractivity contribution in [3.63, 3.8) is 0 Å². The lowest BCUT2D eigenvalue weighted by Crippen LogP contribution is -1.87. The van der Waals surface area contributed by atoms with Crippen molar-refractivity contribution in [2.45, 2.75) is 13.0 Å². The summed E-state index contributed by atoms with van der Waals surface area (Å²) in [6, 6.07) is 6.67. The van der Waals surface area contributed by atoms with E-state index < -0.39 is 5.82 Å². The molecule has 1 N–H and O–H groups in total. The second-order valence-electron chi connectivity index (χ2n) is 3.50. The van der Waals surface area contributed by atoms with E-state index in [1.54, 1.807) is 12.1 Å². The van der Waals surface area contributed by atoms with E-state index in [9.17, 15) is 4.39 Å². The van der Waals surface area contributed by atoms with Crippen LogP contribution in [0.5, 0.6) is 0 Å². The van der Waals surface area contributed by atoms with Crippen LogP contribution in [0.25, 0.3) is 0 Å². The van der Waals surface area contributed by atoms with E-state index in [2.05, 4.69) is 0 Å². The molecule has 1 aromatic heterocycles. The number of aliphatic hydroxyl groups is 1. The van der Waals surface area contributed by atoms with Crippen LogP contribution in [0, 0.1) is 5.82 Å². The lowest BCUT2D eigenvalue weighted by atomic mass is 10.1. The van der Waals surface area contributed by atoms with Crippen molar-refractivity contribution in [3.8, 4) is 0 Å². The molecule has 0 atom stereocenters. The number of benzene rings is 1. The van der Waals surface area contributed by atoms with Gasteiger partial charge in [0.25, 0.3) is 0 Å². The van der Waals surface area contributed by atoms with Crippen molar-refractivity contribution < 1.29 is 9.50 Å². The topological polar surface area (TPSA) is 20.2 Å². The average molecular weight is 257 g/mol. The van der Waals surface area contributed by atoms with E-state index in [1.165, 1.54) is 17.4 Å². The van der Waals surface area contributed by atoms with Gasteiger partial charge in [-0.2, -0.15) is 0 Å². The van der Waals surface area contributed by atoms with Gasteiger partial charge in [-0.25, -0.2) is 4.39 Å². The molecule has 1 heterocycles. The number of hydrogen-bond donors (Lipinski definition) is 1. The lowest BCUT2D eigenvalue weighted by molar-refractivity contribution is 0.285. The molecule has 84 valence electrons. The minimum absolute atomic E-state index is 0.0643. The molecule has 0 radical (unpaired) electrons. The third kappa shape index (κ3) is 2.61. The Hall–Kier alpha value is -0.900. The molecule has 0 amide bonds. The van der Waals surface area contributed by atoms with Crippen molar-refractivity contribution in [2.24, 2.45) is 0 Å². The second kappa shape index (κ2) is 4.95. The molecule has 0 unspecified atom stereocenters. The molecule has 4 heteroatoms. The third-order valence-electron chi connectivity index (χ3n) is 2.26. The molecule has 2 rings (SSSR count). The largest absolute Gasteiger partial charge is 0.391 e. The highest BCUT2D eigenvalue weighted by atomic mass is 35.5. The van der Waals surface area contributed by atoms with Crippen molar-refractivity contribution in [3.05, 3.63) is 56.5 Å². The zero-order chi connectivity index (χ0) is 11.5. The number of aliphatic hydroxyl groups excluding tert-OH is 1. The molecule has 0 spiro atoms. The molecule has 0 aliphatic rings. The molecule has 2 aromatic rings. The van der Waals surface area contributed by atoms with Crippen LogP contribution in [-0.4, -0.2) is 5.11 Å². The van der Waals surface area contributed by atoms with Gasteiger partial charge in [-0.05, 0) is 41.1 Å². The number of hydrogen-bond acceptors (Lipinski definition) is 2. The van der Waals surface area contributed by atoms with Crippen LogP contribution < -0.4 is 0 Å². The van der Waals surface area contributed by atoms with Gasteiger partial charge in [0.1, 0.15) is 5.82 Å². The van der Waals surface area contributed by atoms with Crippen LogP contribution in [0.15, 0.2) is 29.6 Å². The molecule has 0 bridgehead atoms. The van der Waals surface area contributed by atoms with Crippen molar-refractivity contribution >= 4 is 22.9 Å². The Balaban J connectivity index is 2.17. The maximum absolute atomic E-state index is 12.9. The van der Waals surface area contributed by atoms with Gasteiger partial charge in [-0.15, -0.1) is 11.3 Å². The second-order valence-corrected chi connectivity index (χ2v) is 4.91. The first-order chi connectivity index (χ1) is 7.69. The van der Waals surface area contributed by atoms with Crippen LogP contribution in [0.3, 0.4) is 0 Å². The predicted octanol–water partition coefficient (Wildman–Crippen LogP) is 3.62. The fourth-order valence-electron chi connectivity index (χ4n) is 1.49. The Labute approximate surface area is 102 Å². The summed E-state index contributed by atoms with van der Waals surface area (Å²) >= 11 is 7.22. The quantitative estimate of drug-likeness (QED) is 0.889. The molecule has 0 aliphatic heterocycles. The molecule has 0 aliphatic carbocycles. The van der Waals surface area contributed by atoms with Gasteiger partial charge < -0.3 is 5.11 Å². The number of rotatable bonds is 3. The van der Waals surface area contributed by atoms with Crippen LogP contribution in [0.2, 0.25) is 5.02 Å². The summed E-state index contributed by atoms with van der Waals surface area (Å²) in [6.45, 7) is 0.0643. The maximum Gasteiger partial charge on any atom is 0.141 e. The first kappa shape index (κ1) is 11.6. The van der Waals surface area contributed by atoms with Crippen molar-refractivity contribution in [1.82, 2.24) is 0 Å². The zero-order valence-corrected chi connectivity index (χ0v) is 9.98. The highest BCUT2D eigenvalue weighted by Gasteiger charge is 2.04. The third-order valence-corrected chi connectivity index (χ3v) is 3.52. The Kier molecular flexibility index (Phi) is 3.59. The molecule has 1 nitrogen and oxygen atoms in total. The van der Waals surface area contributed by atoms with Gasteiger partial charge in [0.2, 0.25) is 0 Å². The van der Waals surface area contributed by atoms with Crippen LogP contribution in [0.4, 0.5) is 4.39 Å². The van der Waals surface area contributed by atoms with Crippen molar-refractivity contribution in [1.29, 1.82) is 0 Å². The summed E-state index contributed by atoms with van der Waals surface area (Å²) in [7, 11) is 0. The average Bonchev–Trinajstić information content (AvgIpc) is 2.71. The molecule has 0 saturated heterocycles. The van der Waals surface area contributed by atoms with Crippen molar-refractivity contribution in [2.75, 3.05) is 0 Å². The minimum Gasteiger partial charge on any atom is -0.391 e. The molecular weight excluding hydrogens is 247 g/mol. The summed E-state index contributed by atoms with van der Waals surface area (Å²) < 4.78 is 12.9. The van der Waals surface area contributed by atoms with Gasteiger partial charge in [0.05, 0.1) is 11.6 Å². The molecular formula is C12H10ClFOS. The summed E-state index contributed by atoms with van der Waals surface area (Å²) in [5.74, 6) is -0.396. The molecule has 1 aromatic carbocycles. The fraction of sp³-hybridized carbons (Fsp3) is 0.167. The van der Waals surface area contributed by atoms with Gasteiger partial charge in [-0.1, -0.05) is 17.7 Å². The molecule has 0 saturated carbocycles. The highest BCUT2D eigenvalue weighted by Crippen LogP contribution is 2.21. The van der Waals surface area contributed by atoms with Crippen LogP contribution in [-0.2, 0) is 13.0 Å². The smallest absolute Gasteiger partial charge is 0.141 e. The maximum atomic E-state index is 12.9. The Bertz CT molecular complexity index is 496. The monoisotopic (exact) mass is 256 g/mol. The summed E-state index contributed by atoms with van der Waals surface area (Å²) in [5.41, 5.74) is 2.07. The van der Waals surface area contributed by atoms with Gasteiger partial charge in [0.15, 0.2) is 0 Å². The van der Waals surface area contributed by atoms with E-state index in [1.807, 2.05) is 11.4 Å². The normalized spacial score (nSPS) is 10.7. The molecule has 16 heavy (non-hydrogen) atoms. The van der Waals surface area contributed by atoms with E-state index in [-0.39, 0.29) is 11.6 Å². The fourth-order valence-corrected chi connectivity index (χ4v) is 2.44. The van der Waals surface area contributed by atoms with E-state index in [0.717, 1.165) is 16.0 Å². The van der Waals surface area contributed by atoms with Crippen LogP contribution in [0.1, 0.15) is 16.0 Å². The Morgan fingerprint density at radius 1 is 1.25 bits per heavy atom. The van der Waals surface area contributed by atoms with E-state index in [4.69, 9.17) is 16.7 Å².